The minimum Gasteiger partial charge on any atom is -0.461 e. The van der Waals surface area contributed by atoms with E-state index in [1.54, 1.807) is 26.0 Å². The number of aromatic nitrogens is 1. The number of carbonyl (C=O) groups excluding carboxylic acids is 1. The molecule has 0 aliphatic rings. The van der Waals surface area contributed by atoms with Crippen LogP contribution in [0.25, 0.3) is 11.1 Å². The summed E-state index contributed by atoms with van der Waals surface area (Å²) in [5, 5.41) is 0. The SMILES string of the molecule is CCCCc1c(-c2ccc(C)cc2F)cc(C(=O)OCC)[nH]c1=O. The predicted molar refractivity (Wildman–Crippen MR) is 91.8 cm³/mol. The van der Waals surface area contributed by atoms with E-state index in [0.717, 1.165) is 18.4 Å². The number of ether oxygens (including phenoxy) is 1. The highest BCUT2D eigenvalue weighted by Gasteiger charge is 2.18. The first-order valence-corrected chi connectivity index (χ1v) is 8.17. The standard InChI is InChI=1S/C19H22FNO3/c1-4-6-7-14-15(13-9-8-12(3)10-16(13)20)11-17(21-18(14)22)19(23)24-5-2/h8-11H,4-7H2,1-3H3,(H,21,22). The Morgan fingerprint density at radius 2 is 1.96 bits per heavy atom. The van der Waals surface area contributed by atoms with E-state index in [1.807, 2.05) is 6.92 Å². The topological polar surface area (TPSA) is 59.2 Å². The second-order valence-electron chi connectivity index (χ2n) is 5.71. The first-order chi connectivity index (χ1) is 11.5. The lowest BCUT2D eigenvalue weighted by atomic mass is 9.96. The lowest BCUT2D eigenvalue weighted by Gasteiger charge is -2.12. The van der Waals surface area contributed by atoms with Crippen molar-refractivity contribution in [2.75, 3.05) is 6.61 Å². The van der Waals surface area contributed by atoms with Gasteiger partial charge in [0.1, 0.15) is 11.5 Å². The summed E-state index contributed by atoms with van der Waals surface area (Å²) in [6.07, 6.45) is 2.24. The van der Waals surface area contributed by atoms with Crippen LogP contribution in [0.5, 0.6) is 0 Å². The monoisotopic (exact) mass is 331 g/mol. The Bertz CT molecular complexity index is 796. The molecule has 0 spiro atoms. The van der Waals surface area contributed by atoms with Gasteiger partial charge in [0.25, 0.3) is 5.56 Å². The fourth-order valence-electron chi connectivity index (χ4n) is 2.59. The van der Waals surface area contributed by atoms with E-state index in [-0.39, 0.29) is 17.9 Å². The van der Waals surface area contributed by atoms with Crippen LogP contribution in [0.3, 0.4) is 0 Å². The molecule has 0 saturated carbocycles. The molecule has 0 fully saturated rings. The van der Waals surface area contributed by atoms with Gasteiger partial charge in [-0.2, -0.15) is 0 Å². The van der Waals surface area contributed by atoms with Crippen LogP contribution < -0.4 is 5.56 Å². The molecular weight excluding hydrogens is 309 g/mol. The molecular formula is C19H22FNO3. The van der Waals surface area contributed by atoms with Gasteiger partial charge < -0.3 is 9.72 Å². The number of pyridine rings is 1. The van der Waals surface area contributed by atoms with Gasteiger partial charge in [0.2, 0.25) is 0 Å². The predicted octanol–water partition coefficient (Wildman–Crippen LogP) is 4.01. The largest absolute Gasteiger partial charge is 0.461 e. The zero-order valence-corrected chi connectivity index (χ0v) is 14.2. The first kappa shape index (κ1) is 17.9. The molecule has 5 heteroatoms. The second-order valence-corrected chi connectivity index (χ2v) is 5.71. The number of nitrogens with one attached hydrogen (secondary N) is 1. The molecule has 0 bridgehead atoms. The second kappa shape index (κ2) is 7.90. The van der Waals surface area contributed by atoms with Crippen molar-refractivity contribution in [1.29, 1.82) is 0 Å². The maximum Gasteiger partial charge on any atom is 0.354 e. The highest BCUT2D eigenvalue weighted by atomic mass is 19.1. The normalized spacial score (nSPS) is 10.7. The zero-order valence-electron chi connectivity index (χ0n) is 14.2. The Balaban J connectivity index is 2.64. The van der Waals surface area contributed by atoms with Gasteiger partial charge in [0.15, 0.2) is 0 Å². The minimum atomic E-state index is -0.620. The van der Waals surface area contributed by atoms with Gasteiger partial charge in [-0.15, -0.1) is 0 Å². The average molecular weight is 331 g/mol. The van der Waals surface area contributed by atoms with Crippen LogP contribution in [0.2, 0.25) is 0 Å². The number of esters is 1. The number of aryl methyl sites for hydroxylation is 1. The third-order valence-electron chi connectivity index (χ3n) is 3.83. The van der Waals surface area contributed by atoms with Crippen LogP contribution in [0.15, 0.2) is 29.1 Å². The van der Waals surface area contributed by atoms with Crippen molar-refractivity contribution in [3.63, 3.8) is 0 Å². The van der Waals surface area contributed by atoms with E-state index in [2.05, 4.69) is 4.98 Å². The molecule has 0 saturated heterocycles. The van der Waals surface area contributed by atoms with E-state index in [0.29, 0.717) is 23.1 Å². The fraction of sp³-hybridized carbons (Fsp3) is 0.368. The van der Waals surface area contributed by atoms with Crippen molar-refractivity contribution in [3.05, 3.63) is 57.3 Å². The van der Waals surface area contributed by atoms with Crippen molar-refractivity contribution in [2.45, 2.75) is 40.0 Å². The number of halogens is 1. The fourth-order valence-corrected chi connectivity index (χ4v) is 2.59. The van der Waals surface area contributed by atoms with Crippen molar-refractivity contribution in [1.82, 2.24) is 4.98 Å². The lowest BCUT2D eigenvalue weighted by Crippen LogP contribution is -2.20. The highest BCUT2D eigenvalue weighted by molar-refractivity contribution is 5.89. The number of hydrogen-bond donors (Lipinski definition) is 1. The van der Waals surface area contributed by atoms with Gasteiger partial charge in [-0.1, -0.05) is 25.5 Å². The third kappa shape index (κ3) is 3.91. The number of hydrogen-bond acceptors (Lipinski definition) is 3. The Morgan fingerprint density at radius 3 is 2.58 bits per heavy atom. The summed E-state index contributed by atoms with van der Waals surface area (Å²) >= 11 is 0. The maximum absolute atomic E-state index is 14.4. The number of aromatic amines is 1. The summed E-state index contributed by atoms with van der Waals surface area (Å²) in [7, 11) is 0. The Labute approximate surface area is 140 Å². The van der Waals surface area contributed by atoms with E-state index in [9.17, 15) is 14.0 Å². The van der Waals surface area contributed by atoms with E-state index < -0.39 is 11.8 Å². The Hall–Kier alpha value is -2.43. The van der Waals surface area contributed by atoms with Crippen LogP contribution in [-0.2, 0) is 11.2 Å². The third-order valence-corrected chi connectivity index (χ3v) is 3.83. The molecule has 0 radical (unpaired) electrons. The lowest BCUT2D eigenvalue weighted by molar-refractivity contribution is 0.0519. The van der Waals surface area contributed by atoms with Crippen molar-refractivity contribution >= 4 is 5.97 Å². The molecule has 24 heavy (non-hydrogen) atoms. The van der Waals surface area contributed by atoms with Crippen LogP contribution in [-0.4, -0.2) is 17.6 Å². The van der Waals surface area contributed by atoms with Gasteiger partial charge in [0.05, 0.1) is 6.61 Å². The molecule has 4 nitrogen and oxygen atoms in total. The van der Waals surface area contributed by atoms with Gasteiger partial charge in [-0.05, 0) is 49.9 Å². The maximum atomic E-state index is 14.4. The molecule has 0 unspecified atom stereocenters. The zero-order chi connectivity index (χ0) is 17.7. The van der Waals surface area contributed by atoms with Gasteiger partial charge in [-0.25, -0.2) is 9.18 Å². The molecule has 0 aliphatic heterocycles. The number of carbonyl (C=O) groups is 1. The average Bonchev–Trinajstić information content (AvgIpc) is 2.53. The van der Waals surface area contributed by atoms with Gasteiger partial charge in [0, 0.05) is 11.1 Å². The van der Waals surface area contributed by atoms with Crippen LogP contribution in [0.4, 0.5) is 4.39 Å². The Kier molecular flexibility index (Phi) is 5.90. The van der Waals surface area contributed by atoms with Crippen molar-refractivity contribution < 1.29 is 13.9 Å². The molecule has 128 valence electrons. The van der Waals surface area contributed by atoms with Crippen molar-refractivity contribution in [3.8, 4) is 11.1 Å². The van der Waals surface area contributed by atoms with Gasteiger partial charge in [-0.3, -0.25) is 4.79 Å². The number of benzene rings is 1. The molecule has 1 N–H and O–H groups in total. The Morgan fingerprint density at radius 1 is 1.21 bits per heavy atom. The first-order valence-electron chi connectivity index (χ1n) is 8.17. The summed E-state index contributed by atoms with van der Waals surface area (Å²) < 4.78 is 19.4. The summed E-state index contributed by atoms with van der Waals surface area (Å²) in [4.78, 5) is 27.0. The molecule has 0 amide bonds. The molecule has 1 aromatic carbocycles. The van der Waals surface area contributed by atoms with E-state index >= 15 is 0 Å². The summed E-state index contributed by atoms with van der Waals surface area (Å²) in [5.41, 5.74) is 1.73. The molecule has 0 aliphatic carbocycles. The van der Waals surface area contributed by atoms with Crippen LogP contribution >= 0.6 is 0 Å². The van der Waals surface area contributed by atoms with Crippen molar-refractivity contribution in [2.24, 2.45) is 0 Å². The highest BCUT2D eigenvalue weighted by Crippen LogP contribution is 2.27. The molecule has 1 aromatic heterocycles. The number of H-pyrrole nitrogens is 1. The summed E-state index contributed by atoms with van der Waals surface area (Å²) in [6, 6.07) is 6.36. The molecule has 0 atom stereocenters. The van der Waals surface area contributed by atoms with Crippen LogP contribution in [0, 0.1) is 12.7 Å². The van der Waals surface area contributed by atoms with Crippen LogP contribution in [0.1, 0.15) is 48.3 Å². The summed E-state index contributed by atoms with van der Waals surface area (Å²) in [5.74, 6) is -1.03. The van der Waals surface area contributed by atoms with Gasteiger partial charge >= 0.3 is 5.97 Å². The molecule has 2 aromatic rings. The molecule has 2 rings (SSSR count). The van der Waals surface area contributed by atoms with E-state index in [1.165, 1.54) is 12.1 Å². The quantitative estimate of drug-likeness (QED) is 0.814. The number of rotatable bonds is 6. The van der Waals surface area contributed by atoms with E-state index in [4.69, 9.17) is 4.74 Å². The smallest absolute Gasteiger partial charge is 0.354 e. The molecule has 1 heterocycles. The summed E-state index contributed by atoms with van der Waals surface area (Å²) in [6.45, 7) is 5.71. The minimum absolute atomic E-state index is 0.0390. The number of unbranched alkanes of at least 4 members (excludes halogenated alkanes) is 1.